The van der Waals surface area contributed by atoms with E-state index < -0.39 is 0 Å². The quantitative estimate of drug-likeness (QED) is 0.854. The van der Waals surface area contributed by atoms with Crippen molar-refractivity contribution in [3.8, 4) is 0 Å². The van der Waals surface area contributed by atoms with Gasteiger partial charge in [-0.05, 0) is 85.1 Å². The Morgan fingerprint density at radius 3 is 2.70 bits per heavy atom. The number of rotatable bonds is 3. The van der Waals surface area contributed by atoms with Gasteiger partial charge in [0.1, 0.15) is 0 Å². The van der Waals surface area contributed by atoms with E-state index in [0.29, 0.717) is 6.04 Å². The van der Waals surface area contributed by atoms with Crippen molar-refractivity contribution >= 4 is 21.6 Å². The number of anilines is 1. The van der Waals surface area contributed by atoms with E-state index in [9.17, 15) is 0 Å². The van der Waals surface area contributed by atoms with Crippen LogP contribution in [0.25, 0.3) is 0 Å². The lowest BCUT2D eigenvalue weighted by Gasteiger charge is -2.28. The molecule has 20 heavy (non-hydrogen) atoms. The van der Waals surface area contributed by atoms with Crippen LogP contribution in [0.2, 0.25) is 0 Å². The Hall–Kier alpha value is -0.540. The molecule has 0 bridgehead atoms. The predicted molar refractivity (Wildman–Crippen MR) is 89.4 cm³/mol. The fourth-order valence-corrected chi connectivity index (χ4v) is 4.80. The van der Waals surface area contributed by atoms with E-state index >= 15 is 0 Å². The van der Waals surface area contributed by atoms with Crippen LogP contribution in [-0.2, 0) is 0 Å². The smallest absolute Gasteiger partial charge is 0.0516 e. The van der Waals surface area contributed by atoms with Crippen molar-refractivity contribution in [2.75, 3.05) is 11.9 Å². The number of halogens is 1. The van der Waals surface area contributed by atoms with Crippen molar-refractivity contribution in [1.82, 2.24) is 5.32 Å². The van der Waals surface area contributed by atoms with Crippen LogP contribution in [0.15, 0.2) is 16.6 Å². The molecule has 1 saturated heterocycles. The first kappa shape index (κ1) is 14.4. The molecule has 0 spiro atoms. The zero-order valence-corrected chi connectivity index (χ0v) is 14.1. The summed E-state index contributed by atoms with van der Waals surface area (Å²) < 4.78 is 1.21. The topological polar surface area (TPSA) is 24.1 Å². The summed E-state index contributed by atoms with van der Waals surface area (Å²) in [4.78, 5) is 0. The highest BCUT2D eigenvalue weighted by Gasteiger charge is 2.35. The molecule has 0 radical (unpaired) electrons. The minimum Gasteiger partial charge on any atom is -0.381 e. The Labute approximate surface area is 130 Å². The number of hydrogen-bond acceptors (Lipinski definition) is 2. The summed E-state index contributed by atoms with van der Waals surface area (Å²) >= 11 is 3.73. The van der Waals surface area contributed by atoms with Crippen molar-refractivity contribution in [3.05, 3.63) is 27.7 Å². The summed E-state index contributed by atoms with van der Waals surface area (Å²) in [6.45, 7) is 5.57. The van der Waals surface area contributed by atoms with Crippen LogP contribution in [0.4, 0.5) is 5.69 Å². The molecule has 1 aromatic rings. The van der Waals surface area contributed by atoms with E-state index in [1.54, 1.807) is 0 Å². The fraction of sp³-hybridized carbons (Fsp3) is 0.647. The average molecular weight is 337 g/mol. The summed E-state index contributed by atoms with van der Waals surface area (Å²) in [6, 6.07) is 5.85. The Bertz CT molecular complexity index is 457. The van der Waals surface area contributed by atoms with E-state index in [2.05, 4.69) is 52.5 Å². The molecular formula is C17H25BrN2. The molecule has 1 heterocycles. The Morgan fingerprint density at radius 1 is 1.15 bits per heavy atom. The van der Waals surface area contributed by atoms with E-state index in [0.717, 1.165) is 12.0 Å². The van der Waals surface area contributed by atoms with Crippen LogP contribution < -0.4 is 10.6 Å². The summed E-state index contributed by atoms with van der Waals surface area (Å²) in [5.74, 6) is 0.796. The largest absolute Gasteiger partial charge is 0.381 e. The third-order valence-corrected chi connectivity index (χ3v) is 5.57. The SMILES string of the molecule is Cc1cc(C)c(NC2CCCC2C2CCCN2)c(Br)c1. The second-order valence-electron chi connectivity index (χ2n) is 6.49. The maximum atomic E-state index is 3.84. The number of nitrogens with one attached hydrogen (secondary N) is 2. The van der Waals surface area contributed by atoms with Gasteiger partial charge in [-0.1, -0.05) is 12.5 Å². The lowest BCUT2D eigenvalue weighted by Crippen LogP contribution is -2.38. The van der Waals surface area contributed by atoms with E-state index in [1.807, 2.05) is 0 Å². The number of aryl methyl sites for hydroxylation is 2. The first-order chi connectivity index (χ1) is 9.65. The maximum Gasteiger partial charge on any atom is 0.0516 e. The molecule has 3 heteroatoms. The highest BCUT2D eigenvalue weighted by Crippen LogP contribution is 2.36. The lowest BCUT2D eigenvalue weighted by molar-refractivity contribution is 0.376. The second kappa shape index (κ2) is 6.07. The zero-order valence-electron chi connectivity index (χ0n) is 12.5. The van der Waals surface area contributed by atoms with Gasteiger partial charge in [-0.25, -0.2) is 0 Å². The van der Waals surface area contributed by atoms with E-state index in [4.69, 9.17) is 0 Å². The second-order valence-corrected chi connectivity index (χ2v) is 7.34. The zero-order chi connectivity index (χ0) is 14.1. The van der Waals surface area contributed by atoms with Gasteiger partial charge < -0.3 is 10.6 Å². The van der Waals surface area contributed by atoms with Crippen LogP contribution in [0.1, 0.15) is 43.2 Å². The molecule has 110 valence electrons. The predicted octanol–water partition coefficient (Wildman–Crippen LogP) is 4.40. The number of benzene rings is 1. The van der Waals surface area contributed by atoms with Gasteiger partial charge >= 0.3 is 0 Å². The summed E-state index contributed by atoms with van der Waals surface area (Å²) in [5.41, 5.74) is 3.97. The minimum absolute atomic E-state index is 0.628. The fourth-order valence-electron chi connectivity index (χ4n) is 4.01. The van der Waals surface area contributed by atoms with Crippen molar-refractivity contribution in [1.29, 1.82) is 0 Å². The van der Waals surface area contributed by atoms with Crippen molar-refractivity contribution < 1.29 is 0 Å². The van der Waals surface area contributed by atoms with Crippen LogP contribution in [0, 0.1) is 19.8 Å². The normalized spacial score (nSPS) is 29.9. The standard InChI is InChI=1S/C17H25BrN2/c1-11-9-12(2)17(14(18)10-11)20-16-6-3-5-13(16)15-7-4-8-19-15/h9-10,13,15-16,19-20H,3-8H2,1-2H3. The molecule has 1 aliphatic heterocycles. The molecule has 1 aromatic carbocycles. The molecule has 0 amide bonds. The first-order valence-corrected chi connectivity index (χ1v) is 8.71. The van der Waals surface area contributed by atoms with E-state index in [-0.39, 0.29) is 0 Å². The van der Waals surface area contributed by atoms with Crippen molar-refractivity contribution in [2.45, 2.75) is 58.0 Å². The maximum absolute atomic E-state index is 3.84. The highest BCUT2D eigenvalue weighted by molar-refractivity contribution is 9.10. The Balaban J connectivity index is 1.76. The number of hydrogen-bond donors (Lipinski definition) is 2. The monoisotopic (exact) mass is 336 g/mol. The highest BCUT2D eigenvalue weighted by atomic mass is 79.9. The van der Waals surface area contributed by atoms with Crippen LogP contribution in [-0.4, -0.2) is 18.6 Å². The third-order valence-electron chi connectivity index (χ3n) is 4.95. The molecule has 1 saturated carbocycles. The van der Waals surface area contributed by atoms with Crippen LogP contribution in [0.3, 0.4) is 0 Å². The van der Waals surface area contributed by atoms with Gasteiger partial charge in [-0.2, -0.15) is 0 Å². The lowest BCUT2D eigenvalue weighted by atomic mass is 9.92. The van der Waals surface area contributed by atoms with Gasteiger partial charge in [0, 0.05) is 16.6 Å². The molecule has 2 nitrogen and oxygen atoms in total. The molecular weight excluding hydrogens is 312 g/mol. The van der Waals surface area contributed by atoms with Gasteiger partial charge in [0.15, 0.2) is 0 Å². The average Bonchev–Trinajstić information content (AvgIpc) is 3.04. The summed E-state index contributed by atoms with van der Waals surface area (Å²) in [5, 5.41) is 7.55. The van der Waals surface area contributed by atoms with Gasteiger partial charge in [0.25, 0.3) is 0 Å². The van der Waals surface area contributed by atoms with Gasteiger partial charge in [0.05, 0.1) is 5.69 Å². The van der Waals surface area contributed by atoms with Crippen molar-refractivity contribution in [3.63, 3.8) is 0 Å². The molecule has 3 unspecified atom stereocenters. The third kappa shape index (κ3) is 2.89. The molecule has 2 fully saturated rings. The summed E-state index contributed by atoms with van der Waals surface area (Å²) in [6.07, 6.45) is 6.75. The van der Waals surface area contributed by atoms with Crippen LogP contribution >= 0.6 is 15.9 Å². The summed E-state index contributed by atoms with van der Waals surface area (Å²) in [7, 11) is 0. The first-order valence-electron chi connectivity index (χ1n) is 7.92. The molecule has 1 aliphatic carbocycles. The molecule has 0 aromatic heterocycles. The molecule has 2 N–H and O–H groups in total. The van der Waals surface area contributed by atoms with E-state index in [1.165, 1.54) is 59.9 Å². The molecule has 3 atom stereocenters. The van der Waals surface area contributed by atoms with Gasteiger partial charge in [-0.15, -0.1) is 0 Å². The molecule has 3 rings (SSSR count). The van der Waals surface area contributed by atoms with Gasteiger partial charge in [-0.3, -0.25) is 0 Å². The Kier molecular flexibility index (Phi) is 4.37. The minimum atomic E-state index is 0.628. The van der Waals surface area contributed by atoms with Crippen LogP contribution in [0.5, 0.6) is 0 Å². The Morgan fingerprint density at radius 2 is 2.00 bits per heavy atom. The van der Waals surface area contributed by atoms with Gasteiger partial charge in [0.2, 0.25) is 0 Å². The molecule has 2 aliphatic rings. The van der Waals surface area contributed by atoms with Crippen molar-refractivity contribution in [2.24, 2.45) is 5.92 Å².